The van der Waals surface area contributed by atoms with E-state index in [9.17, 15) is 12.9 Å². The topological polar surface area (TPSA) is 0 Å². The molecule has 0 radical (unpaired) electrons. The summed E-state index contributed by atoms with van der Waals surface area (Å²) in [5.74, 6) is -1.09. The average Bonchev–Trinajstić information content (AvgIpc) is 2.30. The van der Waals surface area contributed by atoms with Crippen LogP contribution in [0.1, 0.15) is 27.2 Å². The monoisotopic (exact) mass is 204 g/mol. The normalized spacial score (nSPS) is 29.5. The van der Waals surface area contributed by atoms with Gasteiger partial charge in [-0.3, -0.25) is 0 Å². The van der Waals surface area contributed by atoms with Gasteiger partial charge in [0, 0.05) is 0 Å². The maximum Gasteiger partial charge on any atom is 1.00 e. The molecule has 12 heavy (non-hydrogen) atoms. The van der Waals surface area contributed by atoms with Gasteiger partial charge in [-0.05, 0) is 5.41 Å². The average molecular weight is 204 g/mol. The third-order valence-electron chi connectivity index (χ3n) is 2.44. The summed E-state index contributed by atoms with van der Waals surface area (Å²) in [4.78, 5) is 0. The first-order valence-electron chi connectivity index (χ1n) is 3.93. The van der Waals surface area contributed by atoms with Crippen molar-refractivity contribution in [2.45, 2.75) is 33.0 Å². The quantitative estimate of drug-likeness (QED) is 0.538. The summed E-state index contributed by atoms with van der Waals surface area (Å²) in [6.07, 6.45) is 0.354. The molecule has 0 aliphatic heterocycles. The van der Waals surface area contributed by atoms with E-state index in [0.29, 0.717) is 6.42 Å². The molecule has 1 aliphatic rings. The van der Waals surface area contributed by atoms with Crippen molar-refractivity contribution in [3.8, 4) is 0 Å². The van der Waals surface area contributed by atoms with Crippen LogP contribution in [0.15, 0.2) is 0 Å². The van der Waals surface area contributed by atoms with Crippen LogP contribution in [0.25, 0.3) is 0 Å². The van der Waals surface area contributed by atoms with Crippen LogP contribution in [0.3, 0.4) is 0 Å². The van der Waals surface area contributed by atoms with Crippen molar-refractivity contribution < 1.29 is 64.3 Å². The maximum atomic E-state index is 12.1. The molecule has 0 unspecified atom stereocenters. The Kier molecular flexibility index (Phi) is 4.42. The van der Waals surface area contributed by atoms with Crippen molar-refractivity contribution in [1.29, 1.82) is 0 Å². The zero-order valence-electron chi connectivity index (χ0n) is 8.07. The van der Waals surface area contributed by atoms with Crippen LogP contribution < -0.4 is 51.4 Å². The first-order chi connectivity index (χ1) is 4.73. The van der Waals surface area contributed by atoms with E-state index in [1.165, 1.54) is 0 Å². The zero-order valence-corrected chi connectivity index (χ0v) is 11.2. The van der Waals surface area contributed by atoms with Crippen LogP contribution in [-0.2, 0) is 0 Å². The Labute approximate surface area is 114 Å². The Hall–Kier alpha value is 1.49. The van der Waals surface area contributed by atoms with Gasteiger partial charge in [0.1, 0.15) is 0 Å². The predicted octanol–water partition coefficient (Wildman–Crippen LogP) is 0.274. The van der Waals surface area contributed by atoms with E-state index in [2.05, 4.69) is 0 Å². The minimum absolute atomic E-state index is 0. The van der Waals surface area contributed by atoms with Gasteiger partial charge in [-0.2, -0.15) is 0 Å². The first-order valence-corrected chi connectivity index (χ1v) is 3.93. The second-order valence-electron chi connectivity index (χ2n) is 4.50. The van der Waals surface area contributed by atoms with Crippen LogP contribution in [0.5, 0.6) is 0 Å². The van der Waals surface area contributed by atoms with Gasteiger partial charge in [0.15, 0.2) is 0 Å². The molecular weight excluding hydrogens is 191 g/mol. The second-order valence-corrected chi connectivity index (χ2v) is 4.50. The fourth-order valence-corrected chi connectivity index (χ4v) is 1.63. The number of halogens is 3. The Morgan fingerprint density at radius 3 is 1.67 bits per heavy atom. The minimum Gasteiger partial charge on any atom is -0.449 e. The molecule has 0 aromatic carbocycles. The van der Waals surface area contributed by atoms with Gasteiger partial charge in [0.25, 0.3) is 0 Å². The summed E-state index contributed by atoms with van der Waals surface area (Å²) < 4.78 is 36.3. The van der Waals surface area contributed by atoms with Crippen LogP contribution in [0.4, 0.5) is 12.9 Å². The molecule has 1 saturated carbocycles. The number of hydrogen-bond acceptors (Lipinski definition) is 0. The van der Waals surface area contributed by atoms with Crippen molar-refractivity contribution in [3.63, 3.8) is 0 Å². The van der Waals surface area contributed by atoms with Crippen molar-refractivity contribution in [1.82, 2.24) is 0 Å². The second kappa shape index (κ2) is 3.93. The molecule has 0 spiro atoms. The first kappa shape index (κ1) is 13.5. The van der Waals surface area contributed by atoms with Crippen LogP contribution in [0, 0.1) is 11.3 Å². The Balaban J connectivity index is 0.00000121. The van der Waals surface area contributed by atoms with Gasteiger partial charge in [-0.25, -0.2) is 0 Å². The molecule has 0 aromatic heterocycles. The molecule has 0 bridgehead atoms. The summed E-state index contributed by atoms with van der Waals surface area (Å²) in [7, 11) is 0. The van der Waals surface area contributed by atoms with Gasteiger partial charge in [-0.15, -0.1) is 0 Å². The summed E-state index contributed by atoms with van der Waals surface area (Å²) in [6.45, 7) is 1.06. The molecule has 0 heterocycles. The van der Waals surface area contributed by atoms with E-state index >= 15 is 0 Å². The Morgan fingerprint density at radius 1 is 1.17 bits per heavy atom. The van der Waals surface area contributed by atoms with Gasteiger partial charge in [-0.1, -0.05) is 38.9 Å². The van der Waals surface area contributed by atoms with Gasteiger partial charge in [0.2, 0.25) is 0 Å². The summed E-state index contributed by atoms with van der Waals surface area (Å²) >= 11 is 0. The van der Waals surface area contributed by atoms with E-state index < -0.39 is 12.8 Å². The Bertz CT molecular complexity index is 143. The molecular formula is C7H13BF3K. The minimum atomic E-state index is -4.56. The van der Waals surface area contributed by atoms with Crippen molar-refractivity contribution in [2.24, 2.45) is 11.3 Å². The molecule has 0 aromatic rings. The number of hydrogen-bond donors (Lipinski definition) is 0. The molecule has 66 valence electrons. The fourth-order valence-electron chi connectivity index (χ4n) is 1.63. The van der Waals surface area contributed by atoms with Crippen LogP contribution in [0.2, 0.25) is 5.82 Å². The van der Waals surface area contributed by atoms with Crippen LogP contribution >= 0.6 is 0 Å². The fraction of sp³-hybridized carbons (Fsp3) is 1.00. The predicted molar refractivity (Wildman–Crippen MR) is 40.4 cm³/mol. The Morgan fingerprint density at radius 2 is 1.58 bits per heavy atom. The smallest absolute Gasteiger partial charge is 0.449 e. The molecule has 0 saturated heterocycles. The maximum absolute atomic E-state index is 12.1. The largest absolute Gasteiger partial charge is 1.00 e. The third kappa shape index (κ3) is 3.33. The van der Waals surface area contributed by atoms with E-state index in [4.69, 9.17) is 0 Å². The summed E-state index contributed by atoms with van der Waals surface area (Å²) in [5, 5.41) is 0. The molecule has 1 aliphatic carbocycles. The van der Waals surface area contributed by atoms with Crippen molar-refractivity contribution in [3.05, 3.63) is 0 Å². The van der Waals surface area contributed by atoms with E-state index in [-0.39, 0.29) is 62.7 Å². The molecule has 0 nitrogen and oxygen atoms in total. The summed E-state index contributed by atoms with van der Waals surface area (Å²) in [6, 6.07) is 0. The molecule has 1 rings (SSSR count). The summed E-state index contributed by atoms with van der Waals surface area (Å²) in [5.41, 5.74) is -0.165. The van der Waals surface area contributed by atoms with Crippen molar-refractivity contribution in [2.75, 3.05) is 0 Å². The van der Waals surface area contributed by atoms with E-state index in [1.54, 1.807) is 0 Å². The molecule has 0 amide bonds. The zero-order chi connectivity index (χ0) is 8.86. The van der Waals surface area contributed by atoms with Crippen molar-refractivity contribution >= 4 is 6.98 Å². The van der Waals surface area contributed by atoms with Gasteiger partial charge < -0.3 is 12.9 Å². The standard InChI is InChI=1S/C7H13BF3.K/c1-7(2,3)5-4-6(5)8(9,10)11;/h5-6H,4H2,1-3H3;/q-1;+1/t5-,6-;/m1./s1. The van der Waals surface area contributed by atoms with Gasteiger partial charge in [0.05, 0.1) is 0 Å². The van der Waals surface area contributed by atoms with E-state index in [0.717, 1.165) is 0 Å². The SMILES string of the molecule is CC(C)(C)[C@@H]1C[C@H]1[B-](F)(F)F.[K+]. The molecule has 2 atom stereocenters. The molecule has 1 fully saturated rings. The molecule has 0 N–H and O–H groups in total. The molecule has 5 heteroatoms. The van der Waals surface area contributed by atoms with Crippen LogP contribution in [-0.4, -0.2) is 6.98 Å². The third-order valence-corrected chi connectivity index (χ3v) is 2.44. The van der Waals surface area contributed by atoms with Gasteiger partial charge >= 0.3 is 58.4 Å². The van der Waals surface area contributed by atoms with E-state index in [1.807, 2.05) is 20.8 Å². The number of rotatable bonds is 1.